The van der Waals surface area contributed by atoms with Gasteiger partial charge in [0.1, 0.15) is 5.60 Å². The Morgan fingerprint density at radius 3 is 2.08 bits per heavy atom. The van der Waals surface area contributed by atoms with E-state index in [2.05, 4.69) is 6.58 Å². The molecule has 4 N–H and O–H groups in total. The van der Waals surface area contributed by atoms with Crippen LogP contribution >= 0.6 is 0 Å². The third kappa shape index (κ3) is 1.98. The Balaban J connectivity index is 2.14. The first-order valence-corrected chi connectivity index (χ1v) is 9.37. The average Bonchev–Trinajstić information content (AvgIpc) is 2.53. The molecule has 142 valence electrons. The number of hydrogen-bond acceptors (Lipinski definition) is 4. The number of rotatable bonds is 2. The van der Waals surface area contributed by atoms with Gasteiger partial charge in [0.15, 0.2) is 0 Å². The molecule has 0 unspecified atom stereocenters. The van der Waals surface area contributed by atoms with Gasteiger partial charge in [0.25, 0.3) is 0 Å². The molecule has 6 atom stereocenters. The Morgan fingerprint density at radius 2 is 1.52 bits per heavy atom. The minimum Gasteiger partial charge on any atom is -0.481 e. The van der Waals surface area contributed by atoms with Crippen molar-refractivity contribution in [3.05, 3.63) is 12.7 Å². The summed E-state index contributed by atoms with van der Waals surface area (Å²) >= 11 is 0. The fourth-order valence-corrected chi connectivity index (χ4v) is 6.45. The van der Waals surface area contributed by atoms with Crippen molar-refractivity contribution < 1.29 is 25.2 Å². The van der Waals surface area contributed by atoms with E-state index in [1.54, 1.807) is 13.8 Å². The van der Waals surface area contributed by atoms with Crippen molar-refractivity contribution in [2.75, 3.05) is 0 Å². The second-order valence-electron chi connectivity index (χ2n) is 9.61. The zero-order chi connectivity index (χ0) is 18.9. The first-order valence-electron chi connectivity index (χ1n) is 9.37. The van der Waals surface area contributed by atoms with Crippen molar-refractivity contribution in [1.82, 2.24) is 0 Å². The van der Waals surface area contributed by atoms with E-state index in [9.17, 15) is 25.2 Å². The molecule has 25 heavy (non-hydrogen) atoms. The molecule has 3 fully saturated rings. The number of carboxylic acid groups (broad SMARTS) is 1. The Hall–Kier alpha value is -0.910. The summed E-state index contributed by atoms with van der Waals surface area (Å²) in [5.41, 5.74) is -7.06. The van der Waals surface area contributed by atoms with Gasteiger partial charge in [-0.05, 0) is 57.3 Å². The summed E-state index contributed by atoms with van der Waals surface area (Å²) in [6.07, 6.45) is 5.10. The highest BCUT2D eigenvalue weighted by atomic mass is 16.4. The van der Waals surface area contributed by atoms with Crippen LogP contribution in [0.4, 0.5) is 0 Å². The standard InChI is InChI=1S/C20H32O5/c1-5-15(2)9-11-20(25)17(4)8-6-7-16(3,14(21)22)19(17,24)12-10-18(20,23)13-15/h5,23-25H,1,6-13H2,2-4H3,(H,21,22)/t15-,16-,17+,18+,19-,20+/m1/s1. The SMILES string of the molecule is C=C[C@]1(C)CC[C@@]2(O)[C@](O)(CC[C@]3(O)[C@]2(C)CCC[C@]3(C)C(=O)O)C1. The predicted molar refractivity (Wildman–Crippen MR) is 93.9 cm³/mol. The Bertz CT molecular complexity index is 619. The van der Waals surface area contributed by atoms with Crippen LogP contribution in [0.5, 0.6) is 0 Å². The fourth-order valence-electron chi connectivity index (χ4n) is 6.45. The molecular formula is C20H32O5. The van der Waals surface area contributed by atoms with Crippen molar-refractivity contribution in [2.45, 2.75) is 88.9 Å². The molecule has 3 rings (SSSR count). The third-order valence-electron chi connectivity index (χ3n) is 8.48. The van der Waals surface area contributed by atoms with Crippen LogP contribution in [0.1, 0.15) is 72.1 Å². The monoisotopic (exact) mass is 352 g/mol. The van der Waals surface area contributed by atoms with Gasteiger partial charge in [0, 0.05) is 5.41 Å². The second-order valence-corrected chi connectivity index (χ2v) is 9.61. The number of aliphatic hydroxyl groups is 3. The van der Waals surface area contributed by atoms with Gasteiger partial charge in [-0.3, -0.25) is 4.79 Å². The highest BCUT2D eigenvalue weighted by molar-refractivity contribution is 5.76. The summed E-state index contributed by atoms with van der Waals surface area (Å²) in [6.45, 7) is 9.30. The molecule has 0 heterocycles. The van der Waals surface area contributed by atoms with Crippen LogP contribution in [-0.4, -0.2) is 43.2 Å². The number of carbonyl (C=O) groups is 1. The van der Waals surface area contributed by atoms with Crippen molar-refractivity contribution >= 4 is 5.97 Å². The molecule has 0 amide bonds. The van der Waals surface area contributed by atoms with Gasteiger partial charge < -0.3 is 20.4 Å². The molecule has 0 bridgehead atoms. The zero-order valence-electron chi connectivity index (χ0n) is 15.6. The quantitative estimate of drug-likeness (QED) is 0.573. The topological polar surface area (TPSA) is 98.0 Å². The van der Waals surface area contributed by atoms with Crippen LogP contribution in [0.3, 0.4) is 0 Å². The Morgan fingerprint density at radius 1 is 0.920 bits per heavy atom. The lowest BCUT2D eigenvalue weighted by atomic mass is 9.38. The van der Waals surface area contributed by atoms with Crippen molar-refractivity contribution in [2.24, 2.45) is 16.2 Å². The van der Waals surface area contributed by atoms with Crippen LogP contribution < -0.4 is 0 Å². The Kier molecular flexibility index (Phi) is 3.83. The number of carboxylic acids is 1. The summed E-state index contributed by atoms with van der Waals surface area (Å²) in [5.74, 6) is -1.03. The zero-order valence-corrected chi connectivity index (χ0v) is 15.6. The lowest BCUT2D eigenvalue weighted by Crippen LogP contribution is -2.80. The molecule has 3 saturated carbocycles. The van der Waals surface area contributed by atoms with Crippen LogP contribution in [0.25, 0.3) is 0 Å². The number of aliphatic carboxylic acids is 1. The average molecular weight is 352 g/mol. The van der Waals surface area contributed by atoms with E-state index >= 15 is 0 Å². The molecule has 0 aromatic rings. The van der Waals surface area contributed by atoms with Gasteiger partial charge >= 0.3 is 5.97 Å². The highest BCUT2D eigenvalue weighted by Gasteiger charge is 2.77. The summed E-state index contributed by atoms with van der Waals surface area (Å²) in [7, 11) is 0. The van der Waals surface area contributed by atoms with Crippen molar-refractivity contribution in [1.29, 1.82) is 0 Å². The van der Waals surface area contributed by atoms with Gasteiger partial charge in [-0.1, -0.05) is 26.3 Å². The van der Waals surface area contributed by atoms with Crippen LogP contribution in [0.2, 0.25) is 0 Å². The molecule has 0 saturated heterocycles. The van der Waals surface area contributed by atoms with Gasteiger partial charge in [0.2, 0.25) is 0 Å². The van der Waals surface area contributed by atoms with E-state index in [0.717, 1.165) is 0 Å². The largest absolute Gasteiger partial charge is 0.481 e. The maximum Gasteiger partial charge on any atom is 0.312 e. The third-order valence-corrected chi connectivity index (χ3v) is 8.48. The first-order chi connectivity index (χ1) is 11.3. The van der Waals surface area contributed by atoms with Gasteiger partial charge in [-0.2, -0.15) is 0 Å². The molecule has 3 aliphatic rings. The lowest BCUT2D eigenvalue weighted by Gasteiger charge is -2.71. The van der Waals surface area contributed by atoms with Crippen LogP contribution in [-0.2, 0) is 4.79 Å². The van der Waals surface area contributed by atoms with E-state index in [1.807, 2.05) is 13.0 Å². The maximum absolute atomic E-state index is 12.1. The fraction of sp³-hybridized carbons (Fsp3) is 0.850. The molecule has 5 heteroatoms. The van der Waals surface area contributed by atoms with Gasteiger partial charge in [0.05, 0.1) is 16.6 Å². The summed E-state index contributed by atoms with van der Waals surface area (Å²) < 4.78 is 0. The normalized spacial score (nSPS) is 55.8. The number of fused-ring (bicyclic) bond motifs is 3. The van der Waals surface area contributed by atoms with E-state index in [0.29, 0.717) is 38.5 Å². The molecular weight excluding hydrogens is 320 g/mol. The minimum atomic E-state index is -1.55. The molecule has 0 radical (unpaired) electrons. The van der Waals surface area contributed by atoms with E-state index in [4.69, 9.17) is 0 Å². The maximum atomic E-state index is 12.1. The summed E-state index contributed by atoms with van der Waals surface area (Å²) in [6, 6.07) is 0. The molecule has 0 spiro atoms. The molecule has 0 aromatic carbocycles. The molecule has 0 aromatic heterocycles. The number of hydrogen-bond donors (Lipinski definition) is 4. The van der Waals surface area contributed by atoms with E-state index < -0.39 is 33.6 Å². The van der Waals surface area contributed by atoms with Gasteiger partial charge in [-0.15, -0.1) is 6.58 Å². The summed E-state index contributed by atoms with van der Waals surface area (Å²) in [4.78, 5) is 12.1. The smallest absolute Gasteiger partial charge is 0.312 e. The van der Waals surface area contributed by atoms with Gasteiger partial charge in [-0.25, -0.2) is 0 Å². The summed E-state index contributed by atoms with van der Waals surface area (Å²) in [5, 5.41) is 44.8. The predicted octanol–water partition coefficient (Wildman–Crippen LogP) is 2.63. The first kappa shape index (κ1) is 18.9. The van der Waals surface area contributed by atoms with Crippen LogP contribution in [0, 0.1) is 16.2 Å². The molecule has 5 nitrogen and oxygen atoms in total. The van der Waals surface area contributed by atoms with Crippen LogP contribution in [0.15, 0.2) is 12.7 Å². The lowest BCUT2D eigenvalue weighted by molar-refractivity contribution is -0.347. The number of allylic oxidation sites excluding steroid dienone is 1. The van der Waals surface area contributed by atoms with Crippen molar-refractivity contribution in [3.8, 4) is 0 Å². The van der Waals surface area contributed by atoms with Crippen molar-refractivity contribution in [3.63, 3.8) is 0 Å². The Labute approximate surface area is 149 Å². The minimum absolute atomic E-state index is 0.179. The second kappa shape index (κ2) is 5.08. The molecule has 0 aliphatic heterocycles. The highest BCUT2D eigenvalue weighted by Crippen LogP contribution is 2.69. The van der Waals surface area contributed by atoms with E-state index in [-0.39, 0.29) is 18.3 Å². The van der Waals surface area contributed by atoms with E-state index in [1.165, 1.54) is 0 Å². The molecule has 3 aliphatic carbocycles.